The van der Waals surface area contributed by atoms with Crippen LogP contribution in [0.25, 0.3) is 22.3 Å². The zero-order chi connectivity index (χ0) is 23.1. The fraction of sp³-hybridized carbons (Fsp3) is 0.419. The molecule has 0 aliphatic rings. The summed E-state index contributed by atoms with van der Waals surface area (Å²) in [5.41, 5.74) is 5.25. The first-order valence-electron chi connectivity index (χ1n) is 12.8. The van der Waals surface area contributed by atoms with Crippen LogP contribution in [0.2, 0.25) is 0 Å². The number of unbranched alkanes of at least 4 members (excludes halogenated alkanes) is 9. The van der Waals surface area contributed by atoms with Crippen molar-refractivity contribution in [2.24, 2.45) is 0 Å². The molecular weight excluding hydrogens is 420 g/mol. The molecule has 3 rings (SSSR count). The average Bonchev–Trinajstić information content (AvgIpc) is 2.86. The van der Waals surface area contributed by atoms with Gasteiger partial charge in [0.05, 0.1) is 0 Å². The maximum atomic E-state index is 11.1. The summed E-state index contributed by atoms with van der Waals surface area (Å²) in [6, 6.07) is 24.8. The van der Waals surface area contributed by atoms with Crippen LogP contribution in [0.4, 0.5) is 0 Å². The quantitative estimate of drug-likeness (QED) is 0.228. The lowest BCUT2D eigenvalue weighted by molar-refractivity contribution is 0.479. The van der Waals surface area contributed by atoms with Crippen molar-refractivity contribution < 1.29 is 5.11 Å². The van der Waals surface area contributed by atoms with Gasteiger partial charge in [-0.25, -0.2) is 0 Å². The molecule has 3 aromatic carbocycles. The average molecular weight is 461 g/mol. The molecule has 0 saturated heterocycles. The molecule has 176 valence electrons. The van der Waals surface area contributed by atoms with Crippen LogP contribution in [-0.4, -0.2) is 10.9 Å². The van der Waals surface area contributed by atoms with E-state index in [-0.39, 0.29) is 0 Å². The molecule has 0 saturated carbocycles. The van der Waals surface area contributed by atoms with Crippen molar-refractivity contribution in [2.75, 3.05) is 5.75 Å². The lowest BCUT2D eigenvalue weighted by Gasteiger charge is -2.14. The Morgan fingerprint density at radius 2 is 1.06 bits per heavy atom. The standard InChI is InChI=1S/C31H40OS/c1-2-3-4-5-6-7-8-9-10-17-22-33-25-26-23-29(27-18-13-11-14-19-27)31(32)30(24-26)28-20-15-12-16-21-28/h11-16,18-21,23-24,32H,2-10,17,22,25H2,1H3. The Kier molecular flexibility index (Phi) is 11.4. The zero-order valence-corrected chi connectivity index (χ0v) is 21.1. The van der Waals surface area contributed by atoms with Gasteiger partial charge >= 0.3 is 0 Å². The van der Waals surface area contributed by atoms with E-state index in [2.05, 4.69) is 43.3 Å². The molecule has 0 radical (unpaired) electrons. The van der Waals surface area contributed by atoms with Crippen LogP contribution in [0.15, 0.2) is 72.8 Å². The Morgan fingerprint density at radius 3 is 1.55 bits per heavy atom. The van der Waals surface area contributed by atoms with Gasteiger partial charge in [-0.2, -0.15) is 11.8 Å². The molecule has 0 fully saturated rings. The Bertz CT molecular complexity index is 860. The molecule has 0 atom stereocenters. The van der Waals surface area contributed by atoms with Crippen molar-refractivity contribution >= 4 is 11.8 Å². The molecular formula is C31H40OS. The van der Waals surface area contributed by atoms with Crippen LogP contribution in [-0.2, 0) is 5.75 Å². The van der Waals surface area contributed by atoms with E-state index < -0.39 is 0 Å². The van der Waals surface area contributed by atoms with E-state index in [0.717, 1.165) is 28.0 Å². The van der Waals surface area contributed by atoms with Crippen LogP contribution in [0.3, 0.4) is 0 Å². The Balaban J connectivity index is 1.51. The summed E-state index contributed by atoms with van der Waals surface area (Å²) in [6.45, 7) is 2.28. The number of hydrogen-bond acceptors (Lipinski definition) is 2. The normalized spacial score (nSPS) is 11.1. The predicted octanol–water partition coefficient (Wildman–Crippen LogP) is 9.88. The topological polar surface area (TPSA) is 20.2 Å². The molecule has 0 spiro atoms. The third-order valence-corrected chi connectivity index (χ3v) is 7.37. The van der Waals surface area contributed by atoms with Gasteiger partial charge in [-0.05, 0) is 41.0 Å². The molecule has 3 aromatic rings. The molecule has 0 aliphatic carbocycles. The monoisotopic (exact) mass is 460 g/mol. The number of benzene rings is 3. The minimum atomic E-state index is 0.371. The molecule has 33 heavy (non-hydrogen) atoms. The Labute approximate surface area is 205 Å². The van der Waals surface area contributed by atoms with E-state index in [1.807, 2.05) is 48.2 Å². The SMILES string of the molecule is CCCCCCCCCCCCSCc1cc(-c2ccccc2)c(O)c(-c2ccccc2)c1. The first kappa shape index (κ1) is 25.4. The van der Waals surface area contributed by atoms with Crippen LogP contribution < -0.4 is 0 Å². The lowest BCUT2D eigenvalue weighted by Crippen LogP contribution is -1.91. The number of aromatic hydroxyl groups is 1. The molecule has 2 heteroatoms. The largest absolute Gasteiger partial charge is 0.507 e. The van der Waals surface area contributed by atoms with E-state index >= 15 is 0 Å². The molecule has 0 unspecified atom stereocenters. The molecule has 0 heterocycles. The predicted molar refractivity (Wildman–Crippen MR) is 147 cm³/mol. The van der Waals surface area contributed by atoms with Gasteiger partial charge in [-0.15, -0.1) is 0 Å². The highest BCUT2D eigenvalue weighted by Crippen LogP contribution is 2.40. The van der Waals surface area contributed by atoms with Gasteiger partial charge < -0.3 is 5.11 Å². The van der Waals surface area contributed by atoms with Gasteiger partial charge in [0.25, 0.3) is 0 Å². The maximum Gasteiger partial charge on any atom is 0.131 e. The molecule has 1 nitrogen and oxygen atoms in total. The number of phenols is 1. The van der Waals surface area contributed by atoms with Crippen molar-refractivity contribution in [1.29, 1.82) is 0 Å². The lowest BCUT2D eigenvalue weighted by atomic mass is 9.95. The second-order valence-electron chi connectivity index (χ2n) is 9.01. The Hall–Kier alpha value is -2.19. The summed E-state index contributed by atoms with van der Waals surface area (Å²) in [5, 5.41) is 11.1. The summed E-state index contributed by atoms with van der Waals surface area (Å²) in [6.07, 6.45) is 13.8. The number of phenolic OH excluding ortho intramolecular Hbond substituents is 1. The number of rotatable bonds is 15. The maximum absolute atomic E-state index is 11.1. The summed E-state index contributed by atoms with van der Waals surface area (Å²) in [5.74, 6) is 2.56. The summed E-state index contributed by atoms with van der Waals surface area (Å²) in [4.78, 5) is 0. The van der Waals surface area contributed by atoms with Crippen LogP contribution in [0, 0.1) is 0 Å². The van der Waals surface area contributed by atoms with Crippen LogP contribution in [0.1, 0.15) is 76.7 Å². The van der Waals surface area contributed by atoms with Crippen LogP contribution in [0.5, 0.6) is 5.75 Å². The second kappa shape index (κ2) is 14.9. The molecule has 0 aliphatic heterocycles. The number of thioether (sulfide) groups is 1. The van der Waals surface area contributed by atoms with E-state index in [9.17, 15) is 5.11 Å². The van der Waals surface area contributed by atoms with Gasteiger partial charge in [-0.3, -0.25) is 0 Å². The summed E-state index contributed by atoms with van der Waals surface area (Å²) >= 11 is 2.02. The minimum absolute atomic E-state index is 0.371. The highest BCUT2D eigenvalue weighted by molar-refractivity contribution is 7.98. The molecule has 0 amide bonds. The van der Waals surface area contributed by atoms with Gasteiger partial charge in [0.15, 0.2) is 0 Å². The molecule has 0 bridgehead atoms. The van der Waals surface area contributed by atoms with E-state index in [1.165, 1.54) is 75.5 Å². The van der Waals surface area contributed by atoms with E-state index in [0.29, 0.717) is 5.75 Å². The van der Waals surface area contributed by atoms with Crippen molar-refractivity contribution in [1.82, 2.24) is 0 Å². The molecule has 0 aromatic heterocycles. The summed E-state index contributed by atoms with van der Waals surface area (Å²) < 4.78 is 0. The third kappa shape index (κ3) is 8.59. The minimum Gasteiger partial charge on any atom is -0.507 e. The van der Waals surface area contributed by atoms with Crippen molar-refractivity contribution in [3.63, 3.8) is 0 Å². The zero-order valence-electron chi connectivity index (χ0n) is 20.3. The van der Waals surface area contributed by atoms with Crippen molar-refractivity contribution in [3.8, 4) is 28.0 Å². The Morgan fingerprint density at radius 1 is 0.606 bits per heavy atom. The fourth-order valence-corrected chi connectivity index (χ4v) is 5.29. The van der Waals surface area contributed by atoms with Crippen molar-refractivity contribution in [2.45, 2.75) is 76.9 Å². The first-order valence-corrected chi connectivity index (χ1v) is 14.0. The van der Waals surface area contributed by atoms with Gasteiger partial charge in [-0.1, -0.05) is 125 Å². The van der Waals surface area contributed by atoms with Gasteiger partial charge in [0, 0.05) is 16.9 Å². The van der Waals surface area contributed by atoms with Crippen molar-refractivity contribution in [3.05, 3.63) is 78.4 Å². The smallest absolute Gasteiger partial charge is 0.131 e. The van der Waals surface area contributed by atoms with Crippen LogP contribution >= 0.6 is 11.8 Å². The highest BCUT2D eigenvalue weighted by atomic mass is 32.2. The first-order chi connectivity index (χ1) is 16.3. The van der Waals surface area contributed by atoms with E-state index in [1.54, 1.807) is 0 Å². The third-order valence-electron chi connectivity index (χ3n) is 6.25. The highest BCUT2D eigenvalue weighted by Gasteiger charge is 2.13. The summed E-state index contributed by atoms with van der Waals surface area (Å²) in [7, 11) is 0. The molecule has 1 N–H and O–H groups in total. The van der Waals surface area contributed by atoms with Gasteiger partial charge in [0.1, 0.15) is 5.75 Å². The second-order valence-corrected chi connectivity index (χ2v) is 10.1. The van der Waals surface area contributed by atoms with E-state index in [4.69, 9.17) is 0 Å². The fourth-order valence-electron chi connectivity index (χ4n) is 4.33. The van der Waals surface area contributed by atoms with Gasteiger partial charge in [0.2, 0.25) is 0 Å². The number of hydrogen-bond donors (Lipinski definition) is 1.